The number of hydrogen-bond acceptors (Lipinski definition) is 3. The summed E-state index contributed by atoms with van der Waals surface area (Å²) in [7, 11) is 0. The van der Waals surface area contributed by atoms with Gasteiger partial charge in [-0.15, -0.1) is 0 Å². The van der Waals surface area contributed by atoms with Crippen LogP contribution in [0.3, 0.4) is 0 Å². The average molecular weight is 164 g/mol. The second kappa shape index (κ2) is 3.76. The van der Waals surface area contributed by atoms with Crippen LogP contribution < -0.4 is 10.4 Å². The van der Waals surface area contributed by atoms with Crippen molar-refractivity contribution < 1.29 is 9.90 Å². The average Bonchev–Trinajstić information content (AvgIpc) is 2.03. The molecule has 64 valence electrons. The van der Waals surface area contributed by atoms with Crippen LogP contribution in [0.1, 0.15) is 5.56 Å². The van der Waals surface area contributed by atoms with Gasteiger partial charge in [0.05, 0.1) is 12.5 Å². The number of para-hydroxylation sites is 1. The third-order valence-corrected chi connectivity index (χ3v) is 1.57. The first-order valence-corrected chi connectivity index (χ1v) is 3.69. The minimum absolute atomic E-state index is 0.148. The second-order valence-electron chi connectivity index (χ2n) is 2.54. The maximum Gasteiger partial charge on any atom is 0.0605 e. The zero-order valence-electron chi connectivity index (χ0n) is 6.83. The van der Waals surface area contributed by atoms with Crippen molar-refractivity contribution in [3.05, 3.63) is 29.8 Å². The normalized spacial score (nSPS) is 9.42. The lowest BCUT2D eigenvalue weighted by Gasteiger charge is -2.08. The maximum absolute atomic E-state index is 10.1. The first kappa shape index (κ1) is 8.59. The highest BCUT2D eigenvalue weighted by atomic mass is 16.4. The van der Waals surface area contributed by atoms with Gasteiger partial charge in [0.1, 0.15) is 0 Å². The van der Waals surface area contributed by atoms with Crippen LogP contribution in [0.5, 0.6) is 0 Å². The molecular formula is C9H10NO2-. The van der Waals surface area contributed by atoms with Crippen molar-refractivity contribution in [3.8, 4) is 0 Å². The van der Waals surface area contributed by atoms with E-state index in [1.54, 1.807) is 0 Å². The van der Waals surface area contributed by atoms with Crippen LogP contribution in [0.2, 0.25) is 0 Å². The quantitative estimate of drug-likeness (QED) is 0.692. The SMILES string of the molecule is Cc1ccccc1NCC(=O)[O-]. The first-order chi connectivity index (χ1) is 5.70. The van der Waals surface area contributed by atoms with Crippen molar-refractivity contribution in [2.24, 2.45) is 0 Å². The summed E-state index contributed by atoms with van der Waals surface area (Å²) >= 11 is 0. The van der Waals surface area contributed by atoms with Crippen molar-refractivity contribution in [1.29, 1.82) is 0 Å². The number of carboxylic acids is 1. The predicted molar refractivity (Wildman–Crippen MR) is 44.7 cm³/mol. The maximum atomic E-state index is 10.1. The van der Waals surface area contributed by atoms with E-state index in [4.69, 9.17) is 0 Å². The molecule has 0 unspecified atom stereocenters. The van der Waals surface area contributed by atoms with E-state index < -0.39 is 5.97 Å². The second-order valence-corrected chi connectivity index (χ2v) is 2.54. The van der Waals surface area contributed by atoms with Crippen molar-refractivity contribution >= 4 is 11.7 Å². The van der Waals surface area contributed by atoms with Crippen molar-refractivity contribution in [3.63, 3.8) is 0 Å². The standard InChI is InChI=1S/C9H11NO2/c1-7-4-2-3-5-8(7)10-6-9(11)12/h2-5,10H,6H2,1H3,(H,11,12)/p-1. The number of nitrogens with one attached hydrogen (secondary N) is 1. The van der Waals surface area contributed by atoms with Gasteiger partial charge in [-0.1, -0.05) is 18.2 Å². The van der Waals surface area contributed by atoms with Crippen LogP contribution in [0, 0.1) is 6.92 Å². The van der Waals surface area contributed by atoms with Crippen LogP contribution in [-0.4, -0.2) is 12.5 Å². The summed E-state index contributed by atoms with van der Waals surface area (Å²) in [6.45, 7) is 1.77. The molecule has 0 bridgehead atoms. The molecule has 0 aliphatic carbocycles. The largest absolute Gasteiger partial charge is 0.548 e. The molecule has 1 rings (SSSR count). The lowest BCUT2D eigenvalue weighted by molar-refractivity contribution is -0.302. The Morgan fingerprint density at radius 1 is 1.50 bits per heavy atom. The third-order valence-electron chi connectivity index (χ3n) is 1.57. The lowest BCUT2D eigenvalue weighted by Crippen LogP contribution is -2.30. The molecule has 1 aromatic rings. The highest BCUT2D eigenvalue weighted by Gasteiger charge is 1.93. The Kier molecular flexibility index (Phi) is 2.69. The van der Waals surface area contributed by atoms with E-state index >= 15 is 0 Å². The summed E-state index contributed by atoms with van der Waals surface area (Å²) in [4.78, 5) is 10.1. The van der Waals surface area contributed by atoms with Crippen molar-refractivity contribution in [2.45, 2.75) is 6.92 Å². The first-order valence-electron chi connectivity index (χ1n) is 3.69. The Morgan fingerprint density at radius 2 is 2.17 bits per heavy atom. The van der Waals surface area contributed by atoms with Crippen molar-refractivity contribution in [2.75, 3.05) is 11.9 Å². The number of hydrogen-bond donors (Lipinski definition) is 1. The molecule has 0 heterocycles. The molecule has 12 heavy (non-hydrogen) atoms. The van der Waals surface area contributed by atoms with E-state index in [9.17, 15) is 9.90 Å². The molecule has 0 amide bonds. The Bertz CT molecular complexity index is 284. The molecule has 3 heteroatoms. The number of aryl methyl sites for hydroxylation is 1. The molecular weight excluding hydrogens is 154 g/mol. The molecule has 0 aliphatic rings. The van der Waals surface area contributed by atoms with Gasteiger partial charge in [-0.2, -0.15) is 0 Å². The molecule has 0 aromatic heterocycles. The van der Waals surface area contributed by atoms with Crippen LogP contribution in [-0.2, 0) is 4.79 Å². The van der Waals surface area contributed by atoms with Gasteiger partial charge < -0.3 is 15.2 Å². The van der Waals surface area contributed by atoms with Gasteiger partial charge in [-0.3, -0.25) is 0 Å². The highest BCUT2D eigenvalue weighted by molar-refractivity contribution is 5.71. The fraction of sp³-hybridized carbons (Fsp3) is 0.222. The summed E-state index contributed by atoms with van der Waals surface area (Å²) < 4.78 is 0. The van der Waals surface area contributed by atoms with Gasteiger partial charge in [0, 0.05) is 5.69 Å². The third kappa shape index (κ3) is 2.27. The summed E-state index contributed by atoms with van der Waals surface area (Å²) in [6.07, 6.45) is 0. The summed E-state index contributed by atoms with van der Waals surface area (Å²) in [5.41, 5.74) is 1.86. The summed E-state index contributed by atoms with van der Waals surface area (Å²) in [6, 6.07) is 7.50. The number of carbonyl (C=O) groups excluding carboxylic acids is 1. The number of carbonyl (C=O) groups is 1. The number of aliphatic carboxylic acids is 1. The predicted octanol–water partition coefficient (Wildman–Crippen LogP) is 0.157. The smallest absolute Gasteiger partial charge is 0.0605 e. The molecule has 1 N–H and O–H groups in total. The van der Waals surface area contributed by atoms with E-state index in [0.29, 0.717) is 0 Å². The van der Waals surface area contributed by atoms with Gasteiger partial charge in [0.2, 0.25) is 0 Å². The molecule has 0 atom stereocenters. The van der Waals surface area contributed by atoms with E-state index in [2.05, 4.69) is 5.32 Å². The number of carboxylic acid groups (broad SMARTS) is 1. The van der Waals surface area contributed by atoms with E-state index in [1.165, 1.54) is 0 Å². The molecule has 3 nitrogen and oxygen atoms in total. The van der Waals surface area contributed by atoms with Gasteiger partial charge in [-0.25, -0.2) is 0 Å². The van der Waals surface area contributed by atoms with Gasteiger partial charge in [0.15, 0.2) is 0 Å². The summed E-state index contributed by atoms with van der Waals surface area (Å²) in [5, 5.41) is 12.9. The zero-order valence-corrected chi connectivity index (χ0v) is 6.83. The molecule has 0 saturated carbocycles. The molecule has 0 radical (unpaired) electrons. The van der Waals surface area contributed by atoms with Crippen LogP contribution in [0.4, 0.5) is 5.69 Å². The molecule has 0 fully saturated rings. The van der Waals surface area contributed by atoms with Crippen LogP contribution in [0.25, 0.3) is 0 Å². The monoisotopic (exact) mass is 164 g/mol. The fourth-order valence-corrected chi connectivity index (χ4v) is 0.939. The van der Waals surface area contributed by atoms with Crippen LogP contribution in [0.15, 0.2) is 24.3 Å². The van der Waals surface area contributed by atoms with E-state index in [-0.39, 0.29) is 6.54 Å². The number of anilines is 1. The van der Waals surface area contributed by atoms with Gasteiger partial charge in [-0.05, 0) is 18.6 Å². The van der Waals surface area contributed by atoms with E-state index in [0.717, 1.165) is 11.3 Å². The summed E-state index contributed by atoms with van der Waals surface area (Å²) in [5.74, 6) is -1.10. The molecule has 0 spiro atoms. The Labute approximate surface area is 71.0 Å². The molecule has 0 aliphatic heterocycles. The minimum atomic E-state index is -1.10. The number of benzene rings is 1. The van der Waals surface area contributed by atoms with Gasteiger partial charge >= 0.3 is 0 Å². The molecule has 0 saturated heterocycles. The zero-order chi connectivity index (χ0) is 8.97. The highest BCUT2D eigenvalue weighted by Crippen LogP contribution is 2.11. The van der Waals surface area contributed by atoms with Gasteiger partial charge in [0.25, 0.3) is 0 Å². The Morgan fingerprint density at radius 3 is 2.75 bits per heavy atom. The number of rotatable bonds is 3. The topological polar surface area (TPSA) is 52.2 Å². The fourth-order valence-electron chi connectivity index (χ4n) is 0.939. The van der Waals surface area contributed by atoms with E-state index in [1.807, 2.05) is 31.2 Å². The van der Waals surface area contributed by atoms with Crippen LogP contribution >= 0.6 is 0 Å². The van der Waals surface area contributed by atoms with Crippen molar-refractivity contribution in [1.82, 2.24) is 0 Å². The Balaban J connectivity index is 2.63. The minimum Gasteiger partial charge on any atom is -0.548 e. The lowest BCUT2D eigenvalue weighted by atomic mass is 10.2. The Hall–Kier alpha value is -1.51. The molecule has 1 aromatic carbocycles.